The number of rotatable bonds is 2. The molecule has 0 aromatic heterocycles. The summed E-state index contributed by atoms with van der Waals surface area (Å²) >= 11 is 0. The van der Waals surface area contributed by atoms with Crippen molar-refractivity contribution in [2.75, 3.05) is 0 Å². The Bertz CT molecular complexity index is 263. The van der Waals surface area contributed by atoms with Crippen molar-refractivity contribution in [3.8, 4) is 0 Å². The molecule has 1 aliphatic carbocycles. The Hall–Kier alpha value is -0.850. The lowest BCUT2D eigenvalue weighted by atomic mass is 10.1. The van der Waals surface area contributed by atoms with Crippen LogP contribution in [0.4, 0.5) is 4.39 Å². The first-order chi connectivity index (χ1) is 5.81. The van der Waals surface area contributed by atoms with Crippen LogP contribution in [0, 0.1) is 11.7 Å². The Morgan fingerprint density at radius 2 is 2.00 bits per heavy atom. The first-order valence-corrected chi connectivity index (χ1v) is 4.56. The first kappa shape index (κ1) is 7.78. The van der Waals surface area contributed by atoms with Crippen LogP contribution in [0.15, 0.2) is 24.3 Å². The minimum absolute atomic E-state index is 0.132. The van der Waals surface area contributed by atoms with E-state index in [2.05, 4.69) is 6.92 Å². The molecular weight excluding hydrogens is 151 g/mol. The SMILES string of the molecule is CCC1CC1c1ccc(F)cc1. The number of halogens is 1. The summed E-state index contributed by atoms with van der Waals surface area (Å²) in [6.45, 7) is 2.22. The van der Waals surface area contributed by atoms with Crippen molar-refractivity contribution in [1.82, 2.24) is 0 Å². The van der Waals surface area contributed by atoms with E-state index < -0.39 is 0 Å². The van der Waals surface area contributed by atoms with E-state index in [0.717, 1.165) is 11.8 Å². The summed E-state index contributed by atoms with van der Waals surface area (Å²) in [5.41, 5.74) is 1.31. The van der Waals surface area contributed by atoms with E-state index in [-0.39, 0.29) is 5.82 Å². The van der Waals surface area contributed by atoms with Crippen molar-refractivity contribution < 1.29 is 4.39 Å². The summed E-state index contributed by atoms with van der Waals surface area (Å²) in [6.07, 6.45) is 2.55. The predicted octanol–water partition coefficient (Wildman–Crippen LogP) is 3.34. The highest BCUT2D eigenvalue weighted by molar-refractivity contribution is 5.25. The molecule has 64 valence electrons. The van der Waals surface area contributed by atoms with Gasteiger partial charge in [-0.1, -0.05) is 25.5 Å². The summed E-state index contributed by atoms with van der Waals surface area (Å²) in [6, 6.07) is 6.94. The van der Waals surface area contributed by atoms with Crippen LogP contribution < -0.4 is 0 Å². The van der Waals surface area contributed by atoms with Gasteiger partial charge in [0, 0.05) is 0 Å². The molecule has 0 heterocycles. The van der Waals surface area contributed by atoms with Gasteiger partial charge in [-0.3, -0.25) is 0 Å². The molecule has 0 nitrogen and oxygen atoms in total. The molecule has 2 unspecified atom stereocenters. The van der Waals surface area contributed by atoms with Crippen LogP contribution in [0.3, 0.4) is 0 Å². The average Bonchev–Trinajstić information content (AvgIpc) is 2.85. The summed E-state index contributed by atoms with van der Waals surface area (Å²) in [5, 5.41) is 0. The fraction of sp³-hybridized carbons (Fsp3) is 0.455. The molecule has 0 amide bonds. The van der Waals surface area contributed by atoms with Gasteiger partial charge in [0.05, 0.1) is 0 Å². The van der Waals surface area contributed by atoms with Crippen molar-refractivity contribution in [3.63, 3.8) is 0 Å². The van der Waals surface area contributed by atoms with Gasteiger partial charge in [-0.2, -0.15) is 0 Å². The summed E-state index contributed by atoms with van der Waals surface area (Å²) in [5.74, 6) is 1.44. The van der Waals surface area contributed by atoms with Gasteiger partial charge in [0.1, 0.15) is 5.82 Å². The molecule has 1 saturated carbocycles. The van der Waals surface area contributed by atoms with Crippen LogP contribution in [-0.2, 0) is 0 Å². The summed E-state index contributed by atoms with van der Waals surface area (Å²) in [4.78, 5) is 0. The van der Waals surface area contributed by atoms with E-state index in [1.54, 1.807) is 12.1 Å². The molecule has 0 saturated heterocycles. The molecular formula is C11H13F. The fourth-order valence-electron chi connectivity index (χ4n) is 1.82. The Balaban J connectivity index is 2.10. The molecule has 2 rings (SSSR count). The van der Waals surface area contributed by atoms with Crippen molar-refractivity contribution in [3.05, 3.63) is 35.6 Å². The number of hydrogen-bond acceptors (Lipinski definition) is 0. The van der Waals surface area contributed by atoms with Crippen molar-refractivity contribution in [2.45, 2.75) is 25.7 Å². The van der Waals surface area contributed by atoms with Gasteiger partial charge in [-0.15, -0.1) is 0 Å². The van der Waals surface area contributed by atoms with Crippen LogP contribution >= 0.6 is 0 Å². The lowest BCUT2D eigenvalue weighted by Crippen LogP contribution is -1.82. The Labute approximate surface area is 72.4 Å². The molecule has 0 spiro atoms. The lowest BCUT2D eigenvalue weighted by Gasteiger charge is -1.97. The maximum Gasteiger partial charge on any atom is 0.123 e. The molecule has 0 aliphatic heterocycles. The standard InChI is InChI=1S/C11H13F/c1-2-8-7-11(8)9-3-5-10(12)6-4-9/h3-6,8,11H,2,7H2,1H3. The van der Waals surface area contributed by atoms with Crippen LogP contribution in [0.5, 0.6) is 0 Å². The highest BCUT2D eigenvalue weighted by atomic mass is 19.1. The quantitative estimate of drug-likeness (QED) is 0.629. The molecule has 1 heteroatoms. The van der Waals surface area contributed by atoms with E-state index >= 15 is 0 Å². The summed E-state index contributed by atoms with van der Waals surface area (Å²) in [7, 11) is 0. The minimum Gasteiger partial charge on any atom is -0.207 e. The topological polar surface area (TPSA) is 0 Å². The zero-order chi connectivity index (χ0) is 8.55. The van der Waals surface area contributed by atoms with E-state index in [1.807, 2.05) is 12.1 Å². The molecule has 1 aromatic carbocycles. The lowest BCUT2D eigenvalue weighted by molar-refractivity contribution is 0.626. The highest BCUT2D eigenvalue weighted by Gasteiger charge is 2.36. The maximum atomic E-state index is 12.5. The van der Waals surface area contributed by atoms with E-state index in [4.69, 9.17) is 0 Å². The third-order valence-electron chi connectivity index (χ3n) is 2.75. The van der Waals surface area contributed by atoms with Crippen molar-refractivity contribution >= 4 is 0 Å². The van der Waals surface area contributed by atoms with Gasteiger partial charge in [0.25, 0.3) is 0 Å². The number of benzene rings is 1. The normalized spacial score (nSPS) is 27.2. The van der Waals surface area contributed by atoms with Gasteiger partial charge >= 0.3 is 0 Å². The minimum atomic E-state index is -0.132. The van der Waals surface area contributed by atoms with Crippen molar-refractivity contribution in [2.24, 2.45) is 5.92 Å². The van der Waals surface area contributed by atoms with Crippen LogP contribution in [0.1, 0.15) is 31.2 Å². The van der Waals surface area contributed by atoms with Gasteiger partial charge in [0.2, 0.25) is 0 Å². The third-order valence-corrected chi connectivity index (χ3v) is 2.75. The fourth-order valence-corrected chi connectivity index (χ4v) is 1.82. The Morgan fingerprint density at radius 3 is 2.50 bits per heavy atom. The highest BCUT2D eigenvalue weighted by Crippen LogP contribution is 2.49. The van der Waals surface area contributed by atoms with Gasteiger partial charge in [-0.25, -0.2) is 4.39 Å². The average molecular weight is 164 g/mol. The Kier molecular flexibility index (Phi) is 1.87. The van der Waals surface area contributed by atoms with Crippen molar-refractivity contribution in [1.29, 1.82) is 0 Å². The van der Waals surface area contributed by atoms with E-state index in [9.17, 15) is 4.39 Å². The molecule has 1 fully saturated rings. The third kappa shape index (κ3) is 1.36. The molecule has 1 aliphatic rings. The molecule has 0 radical (unpaired) electrons. The zero-order valence-electron chi connectivity index (χ0n) is 7.26. The monoisotopic (exact) mass is 164 g/mol. The smallest absolute Gasteiger partial charge is 0.123 e. The van der Waals surface area contributed by atoms with E-state index in [1.165, 1.54) is 18.4 Å². The number of hydrogen-bond donors (Lipinski definition) is 0. The van der Waals surface area contributed by atoms with Crippen LogP contribution in [0.2, 0.25) is 0 Å². The van der Waals surface area contributed by atoms with Gasteiger partial charge in [-0.05, 0) is 36.0 Å². The van der Waals surface area contributed by atoms with Crippen LogP contribution in [-0.4, -0.2) is 0 Å². The molecule has 2 atom stereocenters. The van der Waals surface area contributed by atoms with E-state index in [0.29, 0.717) is 0 Å². The first-order valence-electron chi connectivity index (χ1n) is 4.56. The van der Waals surface area contributed by atoms with Gasteiger partial charge in [0.15, 0.2) is 0 Å². The maximum absolute atomic E-state index is 12.5. The second-order valence-corrected chi connectivity index (χ2v) is 3.56. The molecule has 1 aromatic rings. The Morgan fingerprint density at radius 1 is 1.33 bits per heavy atom. The van der Waals surface area contributed by atoms with Crippen LogP contribution in [0.25, 0.3) is 0 Å². The molecule has 12 heavy (non-hydrogen) atoms. The largest absolute Gasteiger partial charge is 0.207 e. The second-order valence-electron chi connectivity index (χ2n) is 3.56. The second kappa shape index (κ2) is 2.89. The molecule has 0 bridgehead atoms. The predicted molar refractivity (Wildman–Crippen MR) is 47.5 cm³/mol. The van der Waals surface area contributed by atoms with Gasteiger partial charge < -0.3 is 0 Å². The molecule has 0 N–H and O–H groups in total. The zero-order valence-corrected chi connectivity index (χ0v) is 7.26. The summed E-state index contributed by atoms with van der Waals surface area (Å²) < 4.78 is 12.5.